The van der Waals surface area contributed by atoms with Crippen LogP contribution in [0.15, 0.2) is 66.9 Å². The van der Waals surface area contributed by atoms with Crippen LogP contribution in [0.4, 0.5) is 8.78 Å². The van der Waals surface area contributed by atoms with E-state index in [-0.39, 0.29) is 18.9 Å². The summed E-state index contributed by atoms with van der Waals surface area (Å²) in [5.74, 6) is -1.74. The first-order valence-corrected chi connectivity index (χ1v) is 14.1. The molecule has 0 spiro atoms. The van der Waals surface area contributed by atoms with Gasteiger partial charge in [-0.25, -0.2) is 8.78 Å². The third-order valence-corrected chi connectivity index (χ3v) is 7.37. The van der Waals surface area contributed by atoms with Crippen molar-refractivity contribution >= 4 is 16.8 Å². The van der Waals surface area contributed by atoms with Crippen LogP contribution in [0.25, 0.3) is 10.9 Å². The maximum atomic E-state index is 13.9. The SMILES string of the molecule is CCCCc1cn(C)c2ccc(C(=O)N[C@@H](Cc3cc(F)cc(F)c3)[C@H](O)CNCc3cccc(CC)c3)cc12. The summed E-state index contributed by atoms with van der Waals surface area (Å²) >= 11 is 0. The van der Waals surface area contributed by atoms with Crippen LogP contribution in [0.5, 0.6) is 0 Å². The second kappa shape index (κ2) is 13.7. The van der Waals surface area contributed by atoms with Crippen molar-refractivity contribution in [1.29, 1.82) is 0 Å². The van der Waals surface area contributed by atoms with E-state index < -0.39 is 23.8 Å². The Morgan fingerprint density at radius 1 is 0.975 bits per heavy atom. The molecule has 0 unspecified atom stereocenters. The van der Waals surface area contributed by atoms with E-state index in [1.807, 2.05) is 31.3 Å². The Morgan fingerprint density at radius 2 is 1.73 bits per heavy atom. The third kappa shape index (κ3) is 7.55. The van der Waals surface area contributed by atoms with Crippen molar-refractivity contribution < 1.29 is 18.7 Å². The van der Waals surface area contributed by atoms with E-state index in [1.54, 1.807) is 6.07 Å². The van der Waals surface area contributed by atoms with E-state index in [1.165, 1.54) is 23.3 Å². The van der Waals surface area contributed by atoms with Crippen LogP contribution in [-0.2, 0) is 32.9 Å². The molecule has 212 valence electrons. The standard InChI is InChI=1S/C33H39F2N3O2/c1-4-6-10-26-21-38(3)31-12-11-25(17-29(26)31)33(40)37-30(16-24-14-27(34)18-28(35)15-24)32(39)20-36-19-23-9-7-8-22(5-2)13-23/h7-9,11-15,17-18,21,30,32,36,39H,4-6,10,16,19-20H2,1-3H3,(H,37,40)/t30-,32+/m0/s1. The average molecular weight is 548 g/mol. The zero-order valence-corrected chi connectivity index (χ0v) is 23.5. The lowest BCUT2D eigenvalue weighted by molar-refractivity contribution is 0.0830. The smallest absolute Gasteiger partial charge is 0.251 e. The molecular formula is C33H39F2N3O2. The molecule has 0 aliphatic heterocycles. The van der Waals surface area contributed by atoms with Crippen molar-refractivity contribution in [3.8, 4) is 0 Å². The Kier molecular flexibility index (Phi) is 10.1. The number of aliphatic hydroxyl groups excluding tert-OH is 1. The van der Waals surface area contributed by atoms with Crippen LogP contribution in [0.2, 0.25) is 0 Å². The molecule has 2 atom stereocenters. The number of nitrogens with one attached hydrogen (secondary N) is 2. The van der Waals surface area contributed by atoms with Crippen molar-refractivity contribution in [2.75, 3.05) is 6.54 Å². The molecule has 0 saturated heterocycles. The number of carbonyl (C=O) groups is 1. The van der Waals surface area contributed by atoms with Crippen LogP contribution >= 0.6 is 0 Å². The lowest BCUT2D eigenvalue weighted by Crippen LogP contribution is -2.48. The lowest BCUT2D eigenvalue weighted by atomic mass is 9.99. The molecule has 1 aromatic heterocycles. The molecule has 5 nitrogen and oxygen atoms in total. The van der Waals surface area contributed by atoms with Crippen molar-refractivity contribution in [1.82, 2.24) is 15.2 Å². The number of halogens is 2. The number of carbonyl (C=O) groups excluding carboxylic acids is 1. The number of aryl methyl sites for hydroxylation is 3. The summed E-state index contributed by atoms with van der Waals surface area (Å²) in [7, 11) is 1.99. The number of nitrogens with zero attached hydrogens (tertiary/aromatic N) is 1. The summed E-state index contributed by atoms with van der Waals surface area (Å²) in [6, 6.07) is 16.3. The molecule has 0 bridgehead atoms. The van der Waals surface area contributed by atoms with Gasteiger partial charge in [0.25, 0.3) is 5.91 Å². The quantitative estimate of drug-likeness (QED) is 0.197. The summed E-state index contributed by atoms with van der Waals surface area (Å²) in [4.78, 5) is 13.4. The molecule has 3 aromatic carbocycles. The Labute approximate surface area is 235 Å². The number of amides is 1. The van der Waals surface area contributed by atoms with Gasteiger partial charge in [-0.3, -0.25) is 4.79 Å². The maximum absolute atomic E-state index is 13.9. The van der Waals surface area contributed by atoms with Gasteiger partial charge in [0.05, 0.1) is 12.1 Å². The van der Waals surface area contributed by atoms with Gasteiger partial charge in [-0.1, -0.05) is 44.5 Å². The fourth-order valence-electron chi connectivity index (χ4n) is 5.17. The number of hydrogen-bond donors (Lipinski definition) is 3. The minimum absolute atomic E-state index is 0.0733. The minimum Gasteiger partial charge on any atom is -0.390 e. The summed E-state index contributed by atoms with van der Waals surface area (Å²) in [6.45, 7) is 4.99. The van der Waals surface area contributed by atoms with Gasteiger partial charge in [-0.2, -0.15) is 0 Å². The van der Waals surface area contributed by atoms with Gasteiger partial charge in [0, 0.05) is 48.9 Å². The van der Waals surface area contributed by atoms with Gasteiger partial charge in [0.15, 0.2) is 0 Å². The van der Waals surface area contributed by atoms with E-state index in [0.29, 0.717) is 17.7 Å². The molecule has 1 amide bonds. The van der Waals surface area contributed by atoms with Crippen LogP contribution < -0.4 is 10.6 Å². The second-order valence-corrected chi connectivity index (χ2v) is 10.5. The predicted octanol–water partition coefficient (Wildman–Crippen LogP) is 5.85. The normalized spacial score (nSPS) is 12.9. The lowest BCUT2D eigenvalue weighted by Gasteiger charge is -2.25. The summed E-state index contributed by atoms with van der Waals surface area (Å²) in [6.07, 6.45) is 5.18. The molecule has 4 aromatic rings. The number of rotatable bonds is 13. The molecule has 1 heterocycles. The van der Waals surface area contributed by atoms with Crippen molar-refractivity contribution in [3.63, 3.8) is 0 Å². The largest absolute Gasteiger partial charge is 0.390 e. The van der Waals surface area contributed by atoms with Crippen molar-refractivity contribution in [3.05, 3.63) is 106 Å². The highest BCUT2D eigenvalue weighted by Crippen LogP contribution is 2.24. The van der Waals surface area contributed by atoms with E-state index >= 15 is 0 Å². The highest BCUT2D eigenvalue weighted by Gasteiger charge is 2.23. The number of unbranched alkanes of at least 4 members (excludes halogenated alkanes) is 1. The van der Waals surface area contributed by atoms with E-state index in [4.69, 9.17) is 0 Å². The number of benzene rings is 3. The molecule has 0 aliphatic carbocycles. The third-order valence-electron chi connectivity index (χ3n) is 7.37. The zero-order chi connectivity index (χ0) is 28.6. The van der Waals surface area contributed by atoms with Crippen LogP contribution in [0, 0.1) is 11.6 Å². The molecule has 3 N–H and O–H groups in total. The van der Waals surface area contributed by atoms with Crippen molar-refractivity contribution in [2.45, 2.75) is 64.6 Å². The Balaban J connectivity index is 1.52. The van der Waals surface area contributed by atoms with Crippen LogP contribution in [0.1, 0.15) is 59.3 Å². The second-order valence-electron chi connectivity index (χ2n) is 10.5. The summed E-state index contributed by atoms with van der Waals surface area (Å²) < 4.78 is 29.9. The van der Waals surface area contributed by atoms with E-state index in [2.05, 4.69) is 47.4 Å². The summed E-state index contributed by atoms with van der Waals surface area (Å²) in [5.41, 5.74) is 5.39. The molecule has 7 heteroatoms. The van der Waals surface area contributed by atoms with Gasteiger partial charge in [0.2, 0.25) is 0 Å². The fourth-order valence-corrected chi connectivity index (χ4v) is 5.17. The Morgan fingerprint density at radius 3 is 2.45 bits per heavy atom. The monoisotopic (exact) mass is 547 g/mol. The first-order valence-electron chi connectivity index (χ1n) is 14.1. The topological polar surface area (TPSA) is 66.3 Å². The number of aliphatic hydroxyl groups is 1. The van der Waals surface area contributed by atoms with Gasteiger partial charge < -0.3 is 20.3 Å². The van der Waals surface area contributed by atoms with Gasteiger partial charge >= 0.3 is 0 Å². The highest BCUT2D eigenvalue weighted by molar-refractivity contribution is 5.99. The molecule has 0 aliphatic rings. The number of fused-ring (bicyclic) bond motifs is 1. The molecule has 0 radical (unpaired) electrons. The van der Waals surface area contributed by atoms with Gasteiger partial charge in [0.1, 0.15) is 11.6 Å². The number of hydrogen-bond acceptors (Lipinski definition) is 3. The summed E-state index contributed by atoms with van der Waals surface area (Å²) in [5, 5.41) is 18.4. The molecule has 0 saturated carbocycles. The van der Waals surface area contributed by atoms with Crippen LogP contribution in [-0.4, -0.2) is 34.3 Å². The van der Waals surface area contributed by atoms with E-state index in [9.17, 15) is 18.7 Å². The maximum Gasteiger partial charge on any atom is 0.251 e. The Hall–Kier alpha value is -3.55. The van der Waals surface area contributed by atoms with Gasteiger partial charge in [-0.05, 0) is 78.3 Å². The molecule has 0 fully saturated rings. The zero-order valence-electron chi connectivity index (χ0n) is 23.5. The first-order chi connectivity index (χ1) is 19.3. The molecule has 4 rings (SSSR count). The predicted molar refractivity (Wildman–Crippen MR) is 156 cm³/mol. The van der Waals surface area contributed by atoms with E-state index in [0.717, 1.165) is 48.2 Å². The Bertz CT molecular complexity index is 1430. The highest BCUT2D eigenvalue weighted by atomic mass is 19.1. The fraction of sp³-hybridized carbons (Fsp3) is 0.364. The average Bonchev–Trinajstić information content (AvgIpc) is 3.25. The van der Waals surface area contributed by atoms with Crippen LogP contribution in [0.3, 0.4) is 0 Å². The van der Waals surface area contributed by atoms with Gasteiger partial charge in [-0.15, -0.1) is 0 Å². The first kappa shape index (κ1) is 29.4. The molecular weight excluding hydrogens is 508 g/mol. The molecule has 40 heavy (non-hydrogen) atoms. The number of aromatic nitrogens is 1. The van der Waals surface area contributed by atoms with Crippen molar-refractivity contribution in [2.24, 2.45) is 7.05 Å². The minimum atomic E-state index is -0.995.